The molecule has 0 bridgehead atoms. The number of hydrogen-bond donors (Lipinski definition) is 2. The second-order valence-electron chi connectivity index (χ2n) is 7.74. The molecule has 2 saturated carbocycles. The third-order valence-electron chi connectivity index (χ3n) is 6.99. The van der Waals surface area contributed by atoms with Crippen LogP contribution in [0.25, 0.3) is 0 Å². The lowest BCUT2D eigenvalue weighted by Crippen LogP contribution is -2.43. The third kappa shape index (κ3) is 1.78. The lowest BCUT2D eigenvalue weighted by molar-refractivity contribution is -0.0227. The molecule has 0 amide bonds. The maximum Gasteiger partial charge on any atom is 0.163 e. The van der Waals surface area contributed by atoms with E-state index in [4.69, 9.17) is 4.74 Å². The molecule has 0 heterocycles. The van der Waals surface area contributed by atoms with Crippen LogP contribution in [0.4, 0.5) is 0 Å². The number of hydrogen-bond acceptors (Lipinski definition) is 3. The predicted molar refractivity (Wildman–Crippen MR) is 85.3 cm³/mol. The second-order valence-corrected chi connectivity index (χ2v) is 7.74. The Bertz CT molecular complexity index is 597. The van der Waals surface area contributed by atoms with Gasteiger partial charge in [-0.25, -0.2) is 0 Å². The Kier molecular flexibility index (Phi) is 3.19. The molecule has 1 aromatic rings. The van der Waals surface area contributed by atoms with Gasteiger partial charge in [0.05, 0.1) is 13.2 Å². The summed E-state index contributed by atoms with van der Waals surface area (Å²) in [4.78, 5) is 0. The zero-order valence-electron chi connectivity index (χ0n) is 13.5. The quantitative estimate of drug-likeness (QED) is 0.833. The number of methoxy groups -OCH3 is 1. The van der Waals surface area contributed by atoms with Crippen molar-refractivity contribution >= 4 is 0 Å². The first-order valence-corrected chi connectivity index (χ1v) is 8.63. The van der Waals surface area contributed by atoms with Crippen LogP contribution in [-0.4, -0.2) is 23.4 Å². The first-order valence-electron chi connectivity index (χ1n) is 8.63. The van der Waals surface area contributed by atoms with E-state index >= 15 is 0 Å². The Hall–Kier alpha value is -1.22. The average Bonchev–Trinajstić information content (AvgIpc) is 2.82. The van der Waals surface area contributed by atoms with Crippen molar-refractivity contribution in [3.05, 3.63) is 23.3 Å². The standard InChI is InChI=1S/C19H26O3/c1-19-10-9-12-11-5-7-16(20)18(22-2)14(11)4-3-13(12)15(19)6-8-17(19)21/h5,7,12-13,15,17,20-21H,3-4,6,8-10H2,1-2H3/t12-,13-,15+,17?,19+/m1/s1. The number of phenolic OH excluding ortho intramolecular Hbond substituents is 1. The molecule has 0 aliphatic heterocycles. The van der Waals surface area contributed by atoms with Gasteiger partial charge in [-0.05, 0) is 73.3 Å². The fraction of sp³-hybridized carbons (Fsp3) is 0.684. The minimum absolute atomic E-state index is 0.116. The zero-order chi connectivity index (χ0) is 15.5. The molecule has 3 aliphatic rings. The average molecular weight is 302 g/mol. The monoisotopic (exact) mass is 302 g/mol. The van der Waals surface area contributed by atoms with Crippen molar-refractivity contribution in [3.63, 3.8) is 0 Å². The van der Waals surface area contributed by atoms with Gasteiger partial charge in [-0.2, -0.15) is 0 Å². The van der Waals surface area contributed by atoms with Crippen LogP contribution in [-0.2, 0) is 6.42 Å². The van der Waals surface area contributed by atoms with Gasteiger partial charge < -0.3 is 14.9 Å². The van der Waals surface area contributed by atoms with Crippen LogP contribution in [0.3, 0.4) is 0 Å². The Morgan fingerprint density at radius 1 is 1.18 bits per heavy atom. The van der Waals surface area contributed by atoms with Crippen molar-refractivity contribution in [1.82, 2.24) is 0 Å². The highest BCUT2D eigenvalue weighted by Crippen LogP contribution is 2.61. The number of phenols is 1. The van der Waals surface area contributed by atoms with Gasteiger partial charge in [0.1, 0.15) is 0 Å². The van der Waals surface area contributed by atoms with Gasteiger partial charge in [-0.15, -0.1) is 0 Å². The summed E-state index contributed by atoms with van der Waals surface area (Å²) in [5.74, 6) is 2.83. The molecule has 0 saturated heterocycles. The minimum atomic E-state index is -0.116. The van der Waals surface area contributed by atoms with E-state index in [1.807, 2.05) is 0 Å². The van der Waals surface area contributed by atoms with E-state index in [0.717, 1.165) is 32.1 Å². The summed E-state index contributed by atoms with van der Waals surface area (Å²) in [5.41, 5.74) is 2.72. The molecule has 5 atom stereocenters. The Morgan fingerprint density at radius 3 is 2.77 bits per heavy atom. The number of aliphatic hydroxyl groups is 1. The number of aromatic hydroxyl groups is 1. The van der Waals surface area contributed by atoms with Gasteiger partial charge in [0.15, 0.2) is 11.5 Å². The molecular formula is C19H26O3. The number of benzene rings is 1. The summed E-state index contributed by atoms with van der Waals surface area (Å²) in [7, 11) is 1.65. The van der Waals surface area contributed by atoms with Crippen LogP contribution >= 0.6 is 0 Å². The highest BCUT2D eigenvalue weighted by molar-refractivity contribution is 5.52. The van der Waals surface area contributed by atoms with E-state index in [1.165, 1.54) is 17.5 Å². The van der Waals surface area contributed by atoms with Crippen LogP contribution in [0, 0.1) is 17.3 Å². The molecule has 0 spiro atoms. The van der Waals surface area contributed by atoms with Gasteiger partial charge in [-0.1, -0.05) is 13.0 Å². The molecule has 4 rings (SSSR count). The number of ether oxygens (including phenoxy) is 1. The van der Waals surface area contributed by atoms with E-state index in [1.54, 1.807) is 13.2 Å². The van der Waals surface area contributed by atoms with Crippen molar-refractivity contribution in [2.24, 2.45) is 17.3 Å². The smallest absolute Gasteiger partial charge is 0.163 e. The van der Waals surface area contributed by atoms with Gasteiger partial charge in [0.25, 0.3) is 0 Å². The van der Waals surface area contributed by atoms with Crippen molar-refractivity contribution in [2.75, 3.05) is 7.11 Å². The van der Waals surface area contributed by atoms with Gasteiger partial charge in [-0.3, -0.25) is 0 Å². The summed E-state index contributed by atoms with van der Waals surface area (Å²) in [5, 5.41) is 20.5. The van der Waals surface area contributed by atoms with Crippen LogP contribution in [0.5, 0.6) is 11.5 Å². The van der Waals surface area contributed by atoms with Gasteiger partial charge in [0, 0.05) is 5.56 Å². The van der Waals surface area contributed by atoms with E-state index in [9.17, 15) is 10.2 Å². The Morgan fingerprint density at radius 2 is 2.00 bits per heavy atom. The second kappa shape index (κ2) is 4.89. The molecule has 1 unspecified atom stereocenters. The van der Waals surface area contributed by atoms with Gasteiger partial charge in [0.2, 0.25) is 0 Å². The topological polar surface area (TPSA) is 49.7 Å². The zero-order valence-corrected chi connectivity index (χ0v) is 13.5. The van der Waals surface area contributed by atoms with Crippen molar-refractivity contribution in [3.8, 4) is 11.5 Å². The fourth-order valence-corrected chi connectivity index (χ4v) is 5.82. The third-order valence-corrected chi connectivity index (χ3v) is 6.99. The highest BCUT2D eigenvalue weighted by atomic mass is 16.5. The molecule has 1 aromatic carbocycles. The van der Waals surface area contributed by atoms with Crippen LogP contribution in [0.1, 0.15) is 56.1 Å². The largest absolute Gasteiger partial charge is 0.504 e. The maximum atomic E-state index is 10.4. The molecule has 3 nitrogen and oxygen atoms in total. The summed E-state index contributed by atoms with van der Waals surface area (Å²) >= 11 is 0. The number of aliphatic hydroxyl groups excluding tert-OH is 1. The number of fused-ring (bicyclic) bond motifs is 5. The molecule has 3 aliphatic carbocycles. The van der Waals surface area contributed by atoms with E-state index in [0.29, 0.717) is 23.5 Å². The van der Waals surface area contributed by atoms with E-state index in [2.05, 4.69) is 13.0 Å². The van der Waals surface area contributed by atoms with Crippen LogP contribution in [0.15, 0.2) is 12.1 Å². The molecule has 120 valence electrons. The minimum Gasteiger partial charge on any atom is -0.504 e. The molecule has 2 N–H and O–H groups in total. The molecule has 2 fully saturated rings. The summed E-state index contributed by atoms with van der Waals surface area (Å²) in [6, 6.07) is 3.90. The van der Waals surface area contributed by atoms with Gasteiger partial charge >= 0.3 is 0 Å². The van der Waals surface area contributed by atoms with Crippen molar-refractivity contribution in [2.45, 2.75) is 57.5 Å². The Labute approximate surface area is 132 Å². The number of rotatable bonds is 1. The van der Waals surface area contributed by atoms with E-state index in [-0.39, 0.29) is 17.3 Å². The first-order chi connectivity index (χ1) is 10.6. The van der Waals surface area contributed by atoms with Crippen LogP contribution in [0.2, 0.25) is 0 Å². The molecule has 0 aromatic heterocycles. The SMILES string of the molecule is COc1c(O)ccc2c1CC[C@@H]1[C@@H]2CC[C@]2(C)C(O)CC[C@@H]12. The fourth-order valence-electron chi connectivity index (χ4n) is 5.82. The maximum absolute atomic E-state index is 10.4. The lowest BCUT2D eigenvalue weighted by Gasteiger charge is -2.50. The Balaban J connectivity index is 1.74. The molecule has 22 heavy (non-hydrogen) atoms. The van der Waals surface area contributed by atoms with Crippen molar-refractivity contribution in [1.29, 1.82) is 0 Å². The highest BCUT2D eigenvalue weighted by Gasteiger charge is 2.54. The predicted octanol–water partition coefficient (Wildman–Crippen LogP) is 3.62. The van der Waals surface area contributed by atoms with E-state index < -0.39 is 0 Å². The van der Waals surface area contributed by atoms with Crippen molar-refractivity contribution < 1.29 is 14.9 Å². The normalized spacial score (nSPS) is 39.8. The molecule has 3 heteroatoms. The first kappa shape index (κ1) is 14.4. The summed E-state index contributed by atoms with van der Waals surface area (Å²) in [6.07, 6.45) is 6.42. The molecular weight excluding hydrogens is 276 g/mol. The summed E-state index contributed by atoms with van der Waals surface area (Å²) in [6.45, 7) is 2.30. The molecule has 0 radical (unpaired) electrons. The van der Waals surface area contributed by atoms with Crippen LogP contribution < -0.4 is 4.74 Å². The summed E-state index contributed by atoms with van der Waals surface area (Å²) < 4.78 is 5.46. The lowest BCUT2D eigenvalue weighted by atomic mass is 9.55.